The molecular formula is C31H43N7O. The lowest BCUT2D eigenvalue weighted by Crippen LogP contribution is -2.44. The van der Waals surface area contributed by atoms with Crippen molar-refractivity contribution in [3.8, 4) is 0 Å². The van der Waals surface area contributed by atoms with Gasteiger partial charge in [-0.25, -0.2) is 9.97 Å². The van der Waals surface area contributed by atoms with Crippen LogP contribution in [0.4, 0.5) is 0 Å². The van der Waals surface area contributed by atoms with E-state index in [4.69, 9.17) is 0 Å². The Balaban J connectivity index is 1.02. The Morgan fingerprint density at radius 1 is 0.872 bits per heavy atom. The summed E-state index contributed by atoms with van der Waals surface area (Å²) < 4.78 is 0. The number of nitrogens with one attached hydrogen (secondary N) is 2. The number of H-pyrrole nitrogens is 2. The van der Waals surface area contributed by atoms with Crippen LogP contribution < -0.4 is 0 Å². The molecule has 8 nitrogen and oxygen atoms in total. The first kappa shape index (κ1) is 26.3. The zero-order valence-electron chi connectivity index (χ0n) is 23.2. The predicted molar refractivity (Wildman–Crippen MR) is 152 cm³/mol. The van der Waals surface area contributed by atoms with E-state index in [1.807, 2.05) is 24.5 Å². The van der Waals surface area contributed by atoms with Crippen LogP contribution in [-0.4, -0.2) is 73.3 Å². The molecule has 2 N–H and O–H groups in total. The molecule has 0 bridgehead atoms. The molecule has 1 aliphatic carbocycles. The van der Waals surface area contributed by atoms with Crippen molar-refractivity contribution >= 4 is 5.91 Å². The Bertz CT molecular complexity index is 1120. The first-order chi connectivity index (χ1) is 19.1. The summed E-state index contributed by atoms with van der Waals surface area (Å²) in [5.41, 5.74) is 2.30. The van der Waals surface area contributed by atoms with Crippen LogP contribution in [0.1, 0.15) is 78.9 Å². The van der Waals surface area contributed by atoms with E-state index in [2.05, 4.69) is 46.8 Å². The average molecular weight is 530 g/mol. The fraction of sp³-hybridized carbons (Fsp3) is 0.581. The van der Waals surface area contributed by atoms with E-state index < -0.39 is 0 Å². The highest BCUT2D eigenvalue weighted by Crippen LogP contribution is 2.41. The molecule has 6 rings (SSSR count). The van der Waals surface area contributed by atoms with Crippen molar-refractivity contribution in [3.05, 3.63) is 71.8 Å². The van der Waals surface area contributed by atoms with Crippen molar-refractivity contribution < 1.29 is 4.79 Å². The zero-order valence-corrected chi connectivity index (χ0v) is 23.2. The van der Waals surface area contributed by atoms with E-state index in [1.165, 1.54) is 70.1 Å². The SMILES string of the molecule is O=C(c1ccc(CN(Cc2ncc[nH]2)Cc2ncc[nH]2)cc1)N1CCC2(CCN(CC3CCCCC3)CC2)C1. The first-order valence-electron chi connectivity index (χ1n) is 14.9. The standard InChI is InChI=1S/C31H43N7O/c39-30(38-19-12-31(24-38)10-17-36(18-11-31)20-25-4-2-1-3-5-25)27-8-6-26(7-9-27)21-37(22-28-32-13-14-33-28)23-29-34-15-16-35-29/h6-9,13-16,25H,1-5,10-12,17-24H2,(H,32,33)(H,34,35). The summed E-state index contributed by atoms with van der Waals surface area (Å²) in [6, 6.07) is 8.21. The van der Waals surface area contributed by atoms with E-state index in [1.54, 1.807) is 12.4 Å². The molecule has 3 aromatic rings. The van der Waals surface area contributed by atoms with Gasteiger partial charge in [-0.05, 0) is 74.2 Å². The smallest absolute Gasteiger partial charge is 0.253 e. The Morgan fingerprint density at radius 2 is 1.51 bits per heavy atom. The molecule has 1 amide bonds. The van der Waals surface area contributed by atoms with E-state index in [0.717, 1.165) is 49.2 Å². The minimum absolute atomic E-state index is 0.186. The number of imidazole rings is 2. The zero-order chi connectivity index (χ0) is 26.5. The van der Waals surface area contributed by atoms with Gasteiger partial charge in [-0.15, -0.1) is 0 Å². The van der Waals surface area contributed by atoms with Crippen molar-refractivity contribution in [1.29, 1.82) is 0 Å². The van der Waals surface area contributed by atoms with Gasteiger partial charge >= 0.3 is 0 Å². The second-order valence-corrected chi connectivity index (χ2v) is 12.2. The Labute approximate surface area is 232 Å². The largest absolute Gasteiger partial charge is 0.348 e. The number of hydrogen-bond donors (Lipinski definition) is 2. The van der Waals surface area contributed by atoms with Crippen molar-refractivity contribution in [2.24, 2.45) is 11.3 Å². The van der Waals surface area contributed by atoms with Crippen LogP contribution in [0.25, 0.3) is 0 Å². The summed E-state index contributed by atoms with van der Waals surface area (Å²) in [7, 11) is 0. The highest BCUT2D eigenvalue weighted by atomic mass is 16.2. The molecule has 1 aromatic carbocycles. The Morgan fingerprint density at radius 3 is 2.13 bits per heavy atom. The third-order valence-electron chi connectivity index (χ3n) is 9.35. The van der Waals surface area contributed by atoms with Gasteiger partial charge in [-0.3, -0.25) is 9.69 Å². The van der Waals surface area contributed by atoms with Gasteiger partial charge in [0.25, 0.3) is 5.91 Å². The number of hydrogen-bond acceptors (Lipinski definition) is 5. The summed E-state index contributed by atoms with van der Waals surface area (Å²) in [6.07, 6.45) is 18.0. The number of carbonyl (C=O) groups is 1. The fourth-order valence-electron chi connectivity index (χ4n) is 7.02. The summed E-state index contributed by atoms with van der Waals surface area (Å²) in [5, 5.41) is 0. The number of carbonyl (C=O) groups excluding carboxylic acids is 1. The number of aromatic nitrogens is 4. The molecule has 0 atom stereocenters. The Kier molecular flexibility index (Phi) is 8.11. The quantitative estimate of drug-likeness (QED) is 0.414. The van der Waals surface area contributed by atoms with Gasteiger partial charge in [0.1, 0.15) is 11.6 Å². The second-order valence-electron chi connectivity index (χ2n) is 12.2. The number of rotatable bonds is 9. The lowest BCUT2D eigenvalue weighted by molar-refractivity contribution is 0.0692. The van der Waals surface area contributed by atoms with Crippen molar-refractivity contribution in [1.82, 2.24) is 34.6 Å². The fourth-order valence-corrected chi connectivity index (χ4v) is 7.02. The highest BCUT2D eigenvalue weighted by molar-refractivity contribution is 5.94. The summed E-state index contributed by atoms with van der Waals surface area (Å²) in [4.78, 5) is 35.7. The van der Waals surface area contributed by atoms with Crippen molar-refractivity contribution in [2.45, 2.75) is 71.0 Å². The van der Waals surface area contributed by atoms with Crippen LogP contribution in [0.15, 0.2) is 49.1 Å². The first-order valence-corrected chi connectivity index (χ1v) is 14.9. The number of aromatic amines is 2. The van der Waals surface area contributed by atoms with E-state index in [0.29, 0.717) is 18.5 Å². The van der Waals surface area contributed by atoms with Crippen molar-refractivity contribution in [3.63, 3.8) is 0 Å². The number of benzene rings is 1. The minimum Gasteiger partial charge on any atom is -0.348 e. The van der Waals surface area contributed by atoms with Gasteiger partial charge in [0.2, 0.25) is 0 Å². The highest BCUT2D eigenvalue weighted by Gasteiger charge is 2.42. The van der Waals surface area contributed by atoms with E-state index in [9.17, 15) is 4.79 Å². The topological polar surface area (TPSA) is 84.1 Å². The lowest BCUT2D eigenvalue weighted by atomic mass is 9.77. The number of amides is 1. The van der Waals surface area contributed by atoms with E-state index in [-0.39, 0.29) is 5.91 Å². The van der Waals surface area contributed by atoms with Crippen LogP contribution in [0, 0.1) is 11.3 Å². The average Bonchev–Trinajstić information content (AvgIpc) is 3.75. The molecule has 2 saturated heterocycles. The maximum atomic E-state index is 13.4. The molecule has 1 saturated carbocycles. The van der Waals surface area contributed by atoms with Gasteiger partial charge in [0.05, 0.1) is 13.1 Å². The van der Waals surface area contributed by atoms with Crippen LogP contribution >= 0.6 is 0 Å². The molecular weight excluding hydrogens is 486 g/mol. The molecule has 4 heterocycles. The molecule has 2 aliphatic heterocycles. The van der Waals surface area contributed by atoms with Gasteiger partial charge < -0.3 is 19.8 Å². The van der Waals surface area contributed by atoms with Crippen molar-refractivity contribution in [2.75, 3.05) is 32.7 Å². The minimum atomic E-state index is 0.186. The van der Waals surface area contributed by atoms with Crippen LogP contribution in [0.5, 0.6) is 0 Å². The molecule has 0 radical (unpaired) electrons. The molecule has 8 heteroatoms. The van der Waals surface area contributed by atoms with Crippen LogP contribution in [-0.2, 0) is 19.6 Å². The Hall–Kier alpha value is -2.97. The predicted octanol–water partition coefficient (Wildman–Crippen LogP) is 4.84. The third kappa shape index (κ3) is 6.61. The monoisotopic (exact) mass is 529 g/mol. The molecule has 3 fully saturated rings. The van der Waals surface area contributed by atoms with Gasteiger partial charge in [0.15, 0.2) is 0 Å². The van der Waals surface area contributed by atoms with Crippen LogP contribution in [0.3, 0.4) is 0 Å². The number of likely N-dealkylation sites (tertiary alicyclic amines) is 2. The van der Waals surface area contributed by atoms with Crippen LogP contribution in [0.2, 0.25) is 0 Å². The van der Waals surface area contributed by atoms with Gasteiger partial charge in [-0.2, -0.15) is 0 Å². The summed E-state index contributed by atoms with van der Waals surface area (Å²) in [6.45, 7) is 7.67. The lowest BCUT2D eigenvalue weighted by Gasteiger charge is -2.41. The summed E-state index contributed by atoms with van der Waals surface area (Å²) in [5.74, 6) is 2.96. The molecule has 1 spiro atoms. The summed E-state index contributed by atoms with van der Waals surface area (Å²) >= 11 is 0. The maximum absolute atomic E-state index is 13.4. The normalized spacial score (nSPS) is 20.3. The molecule has 3 aliphatic rings. The second kappa shape index (κ2) is 12.0. The molecule has 208 valence electrons. The molecule has 39 heavy (non-hydrogen) atoms. The molecule has 0 unspecified atom stereocenters. The molecule has 2 aromatic heterocycles. The number of piperidine rings is 1. The van der Waals surface area contributed by atoms with Gasteiger partial charge in [0, 0.05) is 56.5 Å². The van der Waals surface area contributed by atoms with Gasteiger partial charge in [-0.1, -0.05) is 31.4 Å². The van der Waals surface area contributed by atoms with E-state index >= 15 is 0 Å². The maximum Gasteiger partial charge on any atom is 0.253 e. The number of nitrogens with zero attached hydrogens (tertiary/aromatic N) is 5. The third-order valence-corrected chi connectivity index (χ3v) is 9.35.